The Balaban J connectivity index is 0.903. The Labute approximate surface area is 312 Å². The molecule has 0 bridgehead atoms. The van der Waals surface area contributed by atoms with Crippen LogP contribution in [0.4, 0.5) is 0 Å². The van der Waals surface area contributed by atoms with Crippen LogP contribution in [0.1, 0.15) is 130 Å². The maximum absolute atomic E-state index is 13.4. The van der Waals surface area contributed by atoms with Gasteiger partial charge in [-0.1, -0.05) is 27.7 Å². The van der Waals surface area contributed by atoms with E-state index in [0.717, 1.165) is 89.9 Å². The largest absolute Gasteiger partial charge is 0.458 e. The highest BCUT2D eigenvalue weighted by atomic mass is 16.6. The lowest BCUT2D eigenvalue weighted by Gasteiger charge is -2.60. The number of likely N-dealkylation sites (N-methyl/N-ethyl adjacent to an activating group) is 2. The maximum atomic E-state index is 13.4. The summed E-state index contributed by atoms with van der Waals surface area (Å²) in [6.07, 6.45) is 18.0. The molecule has 8 fully saturated rings. The van der Waals surface area contributed by atoms with E-state index in [2.05, 4.69) is 38.3 Å². The molecule has 0 saturated heterocycles. The first-order chi connectivity index (χ1) is 24.7. The Kier molecular flexibility index (Phi) is 9.44. The molecule has 0 aromatic carbocycles. The van der Waals surface area contributed by atoms with Gasteiger partial charge in [0.1, 0.15) is 23.8 Å². The number of nitrogens with one attached hydrogen (secondary N) is 2. The highest BCUT2D eigenvalue weighted by Crippen LogP contribution is 2.68. The average molecular weight is 719 g/mol. The van der Waals surface area contributed by atoms with Gasteiger partial charge in [-0.15, -0.1) is 0 Å². The van der Waals surface area contributed by atoms with Gasteiger partial charge in [-0.05, 0) is 160 Å². The number of fused-ring (bicyclic) bond motifs is 10. The fraction of sp³-hybridized carbons (Fsp3) is 0.864. The summed E-state index contributed by atoms with van der Waals surface area (Å²) < 4.78 is 12.4. The Morgan fingerprint density at radius 1 is 0.577 bits per heavy atom. The number of ether oxygens (including phenoxy) is 2. The number of hydrogen-bond donors (Lipinski definition) is 2. The summed E-state index contributed by atoms with van der Waals surface area (Å²) >= 11 is 0. The molecule has 16 atom stereocenters. The second-order valence-corrected chi connectivity index (χ2v) is 20.2. The van der Waals surface area contributed by atoms with Crippen LogP contribution in [0.3, 0.4) is 0 Å². The molecule has 0 heterocycles. The number of hydrogen-bond acceptors (Lipinski definition) is 8. The topological polar surface area (TPSA) is 111 Å². The third kappa shape index (κ3) is 5.63. The predicted octanol–water partition coefficient (Wildman–Crippen LogP) is 6.99. The highest BCUT2D eigenvalue weighted by molar-refractivity contribution is 5.91. The van der Waals surface area contributed by atoms with Gasteiger partial charge in [-0.2, -0.15) is 0 Å². The lowest BCUT2D eigenvalue weighted by Crippen LogP contribution is -2.55. The monoisotopic (exact) mass is 718 g/mol. The molecule has 52 heavy (non-hydrogen) atoms. The molecule has 8 nitrogen and oxygen atoms in total. The van der Waals surface area contributed by atoms with Gasteiger partial charge >= 0.3 is 11.9 Å². The second kappa shape index (κ2) is 13.3. The Hall–Kier alpha value is -2.06. The van der Waals surface area contributed by atoms with Crippen molar-refractivity contribution >= 4 is 23.5 Å². The predicted molar refractivity (Wildman–Crippen MR) is 199 cm³/mol. The summed E-state index contributed by atoms with van der Waals surface area (Å²) in [6.45, 7) is 9.74. The molecule has 0 aromatic heterocycles. The van der Waals surface area contributed by atoms with Crippen molar-refractivity contribution in [3.63, 3.8) is 0 Å². The van der Waals surface area contributed by atoms with Crippen molar-refractivity contribution in [2.45, 2.75) is 155 Å². The van der Waals surface area contributed by atoms with Crippen LogP contribution in [0.15, 0.2) is 12.2 Å². The van der Waals surface area contributed by atoms with Gasteiger partial charge in [0.2, 0.25) is 0 Å². The minimum absolute atomic E-state index is 0.0405. The quantitative estimate of drug-likeness (QED) is 0.224. The van der Waals surface area contributed by atoms with Crippen LogP contribution >= 0.6 is 0 Å². The fourth-order valence-corrected chi connectivity index (χ4v) is 15.8. The molecule has 8 aliphatic rings. The van der Waals surface area contributed by atoms with Crippen LogP contribution in [-0.2, 0) is 28.7 Å². The molecular formula is C44H66N2O6. The first-order valence-corrected chi connectivity index (χ1v) is 21.2. The van der Waals surface area contributed by atoms with E-state index in [1.54, 1.807) is 0 Å². The molecule has 8 saturated carbocycles. The van der Waals surface area contributed by atoms with Gasteiger partial charge in [0.05, 0.1) is 0 Å². The van der Waals surface area contributed by atoms with E-state index in [-0.39, 0.29) is 46.0 Å². The van der Waals surface area contributed by atoms with Gasteiger partial charge in [0, 0.05) is 49.9 Å². The van der Waals surface area contributed by atoms with Crippen LogP contribution in [-0.4, -0.2) is 61.9 Å². The van der Waals surface area contributed by atoms with E-state index in [4.69, 9.17) is 9.47 Å². The standard InChI is InChI=1S/C44H66N2O6/c1-41-17-13-27(47)21-25(41)7-9-29-31(41)15-19-43(3)33(29)23-35(39(43)45-5)51-37(49)11-12-38(50)52-36-24-34-30-10-8-26-22-28(48)14-18-42(26,2)32(30)16-20-44(34,4)40(36)46-6/h11-12,25-26,29-36,39-40,45-46H,7-10,13-24H2,1-6H3/b12-11-/t25?,26?,29-,30-,31-,32-,33+,34+,35?,36?,39?,40?,41+,42+,43+,44+/m1/s1. The zero-order valence-electron chi connectivity index (χ0n) is 32.8. The Bertz CT molecular complexity index is 1390. The van der Waals surface area contributed by atoms with Gasteiger partial charge in [0.15, 0.2) is 0 Å². The van der Waals surface area contributed by atoms with Crippen LogP contribution < -0.4 is 10.6 Å². The summed E-state index contributed by atoms with van der Waals surface area (Å²) in [5.74, 6) is 4.36. The van der Waals surface area contributed by atoms with Crippen molar-refractivity contribution in [1.29, 1.82) is 0 Å². The number of ketones is 2. The minimum atomic E-state index is -0.474. The smallest absolute Gasteiger partial charge is 0.331 e. The van der Waals surface area contributed by atoms with Gasteiger partial charge in [-0.3, -0.25) is 9.59 Å². The fourth-order valence-electron chi connectivity index (χ4n) is 15.8. The summed E-state index contributed by atoms with van der Waals surface area (Å²) in [5.41, 5.74) is 0.558. The summed E-state index contributed by atoms with van der Waals surface area (Å²) in [6, 6.07) is 0.130. The molecule has 0 amide bonds. The molecule has 6 unspecified atom stereocenters. The highest BCUT2D eigenvalue weighted by Gasteiger charge is 2.64. The number of esters is 2. The van der Waals surface area contributed by atoms with Gasteiger partial charge in [-0.25, -0.2) is 9.59 Å². The number of rotatable bonds is 6. The molecule has 8 aliphatic carbocycles. The summed E-state index contributed by atoms with van der Waals surface area (Å²) in [7, 11) is 3.98. The van der Waals surface area contributed by atoms with Crippen LogP contribution in [0.5, 0.6) is 0 Å². The molecule has 0 radical (unpaired) electrons. The summed E-state index contributed by atoms with van der Waals surface area (Å²) in [4.78, 5) is 51.4. The SMILES string of the molecule is CNC1C(OC(=O)/C=C\C(=O)OC2C[C@H]3[C@@H]4CCC5CC(=O)CC[C@]5(C)[C@@H]4CC[C@]3(C)C2NC)C[C@H]2[C@@H]3CCC4CC(=O)CC[C@]4(C)[C@@H]3CC[C@]12C. The van der Waals surface area contributed by atoms with Gasteiger partial charge < -0.3 is 20.1 Å². The lowest BCUT2D eigenvalue weighted by atomic mass is 9.45. The van der Waals surface area contributed by atoms with E-state index in [1.165, 1.54) is 25.0 Å². The third-order valence-corrected chi connectivity index (χ3v) is 18.5. The van der Waals surface area contributed by atoms with Crippen LogP contribution in [0, 0.1) is 69.0 Å². The summed E-state index contributed by atoms with van der Waals surface area (Å²) in [5, 5.41) is 7.12. The van der Waals surface area contributed by atoms with Gasteiger partial charge in [0.25, 0.3) is 0 Å². The van der Waals surface area contributed by atoms with E-state index in [0.29, 0.717) is 58.9 Å². The molecule has 0 aliphatic heterocycles. The molecule has 288 valence electrons. The minimum Gasteiger partial charge on any atom is -0.458 e. The maximum Gasteiger partial charge on any atom is 0.331 e. The zero-order chi connectivity index (χ0) is 36.8. The molecule has 8 heteroatoms. The first-order valence-electron chi connectivity index (χ1n) is 21.2. The number of carbonyl (C=O) groups is 4. The van der Waals surface area contributed by atoms with Crippen molar-refractivity contribution < 1.29 is 28.7 Å². The Morgan fingerprint density at radius 3 is 1.37 bits per heavy atom. The van der Waals surface area contributed by atoms with E-state index < -0.39 is 11.9 Å². The molecule has 0 spiro atoms. The second-order valence-electron chi connectivity index (χ2n) is 20.2. The number of Topliss-reactive ketones (excluding diaryl/α,β-unsaturated/α-hetero) is 2. The van der Waals surface area contributed by atoms with E-state index in [9.17, 15) is 19.2 Å². The zero-order valence-corrected chi connectivity index (χ0v) is 32.8. The van der Waals surface area contributed by atoms with Crippen LogP contribution in [0.2, 0.25) is 0 Å². The Morgan fingerprint density at radius 2 is 0.981 bits per heavy atom. The third-order valence-electron chi connectivity index (χ3n) is 18.5. The van der Waals surface area contributed by atoms with E-state index >= 15 is 0 Å². The first kappa shape index (κ1) is 36.9. The molecule has 0 aromatic rings. The van der Waals surface area contributed by atoms with E-state index in [1.807, 2.05) is 14.1 Å². The number of carbonyl (C=O) groups excluding carboxylic acids is 4. The van der Waals surface area contributed by atoms with Crippen molar-refractivity contribution in [2.75, 3.05) is 14.1 Å². The average Bonchev–Trinajstić information content (AvgIpc) is 3.56. The van der Waals surface area contributed by atoms with Crippen molar-refractivity contribution in [2.24, 2.45) is 69.0 Å². The van der Waals surface area contributed by atoms with Crippen molar-refractivity contribution in [3.05, 3.63) is 12.2 Å². The van der Waals surface area contributed by atoms with Crippen molar-refractivity contribution in [3.8, 4) is 0 Å². The van der Waals surface area contributed by atoms with Crippen LogP contribution in [0.25, 0.3) is 0 Å². The molecular weight excluding hydrogens is 652 g/mol. The normalized spacial score (nSPS) is 51.0. The van der Waals surface area contributed by atoms with Crippen molar-refractivity contribution in [1.82, 2.24) is 10.6 Å². The molecule has 2 N–H and O–H groups in total. The molecule has 8 rings (SSSR count). The lowest BCUT2D eigenvalue weighted by molar-refractivity contribution is -0.147.